The van der Waals surface area contributed by atoms with Gasteiger partial charge in [-0.3, -0.25) is 4.79 Å². The molecule has 5 nitrogen and oxygen atoms in total. The molecule has 2 aromatic heterocycles. The van der Waals surface area contributed by atoms with Crippen LogP contribution in [0.4, 0.5) is 5.82 Å². The topological polar surface area (TPSA) is 67.2 Å². The number of aromatic hydroxyl groups is 1. The van der Waals surface area contributed by atoms with Crippen LogP contribution in [0.25, 0.3) is 10.9 Å². The molecule has 1 aromatic carbocycles. The molecule has 0 unspecified atom stereocenters. The van der Waals surface area contributed by atoms with E-state index in [0.717, 1.165) is 16.6 Å². The van der Waals surface area contributed by atoms with Crippen molar-refractivity contribution in [2.24, 2.45) is 7.05 Å². The Bertz CT molecular complexity index is 822. The SMILES string of the molecule is Cc1c(C(=O)Nc2ccccn2)c2ccc(O)cc2n1C. The fourth-order valence-corrected chi connectivity index (χ4v) is 2.45. The molecule has 0 atom stereocenters. The fourth-order valence-electron chi connectivity index (χ4n) is 2.45. The van der Waals surface area contributed by atoms with Crippen molar-refractivity contribution < 1.29 is 9.90 Å². The van der Waals surface area contributed by atoms with E-state index in [4.69, 9.17) is 0 Å². The molecule has 0 bridgehead atoms. The first-order valence-electron chi connectivity index (χ1n) is 6.58. The lowest BCUT2D eigenvalue weighted by molar-refractivity contribution is 0.102. The molecular formula is C16H15N3O2. The summed E-state index contributed by atoms with van der Waals surface area (Å²) in [6.07, 6.45) is 1.63. The highest BCUT2D eigenvalue weighted by Gasteiger charge is 2.19. The van der Waals surface area contributed by atoms with Crippen LogP contribution in [0.5, 0.6) is 5.75 Å². The lowest BCUT2D eigenvalue weighted by Gasteiger charge is -2.04. The monoisotopic (exact) mass is 281 g/mol. The quantitative estimate of drug-likeness (QED) is 0.759. The molecule has 0 aliphatic carbocycles. The van der Waals surface area contributed by atoms with Crippen LogP contribution < -0.4 is 5.32 Å². The van der Waals surface area contributed by atoms with Crippen molar-refractivity contribution in [1.82, 2.24) is 9.55 Å². The minimum atomic E-state index is -0.206. The molecule has 3 rings (SSSR count). The third kappa shape index (κ3) is 2.23. The number of fused-ring (bicyclic) bond motifs is 1. The van der Waals surface area contributed by atoms with Crippen LogP contribution >= 0.6 is 0 Å². The maximum absolute atomic E-state index is 12.5. The minimum Gasteiger partial charge on any atom is -0.508 e. The Balaban J connectivity index is 2.08. The number of nitrogens with zero attached hydrogens (tertiary/aromatic N) is 2. The molecule has 0 radical (unpaired) electrons. The van der Waals surface area contributed by atoms with Gasteiger partial charge in [-0.25, -0.2) is 4.98 Å². The van der Waals surface area contributed by atoms with Gasteiger partial charge in [-0.2, -0.15) is 0 Å². The highest BCUT2D eigenvalue weighted by atomic mass is 16.3. The molecule has 0 aliphatic heterocycles. The predicted molar refractivity (Wildman–Crippen MR) is 81.5 cm³/mol. The summed E-state index contributed by atoms with van der Waals surface area (Å²) in [6.45, 7) is 1.88. The second-order valence-electron chi connectivity index (χ2n) is 4.89. The summed E-state index contributed by atoms with van der Waals surface area (Å²) in [5, 5.41) is 13.2. The standard InChI is InChI=1S/C16H15N3O2/c1-10-15(16(21)18-14-5-3-4-8-17-14)12-7-6-11(20)9-13(12)19(10)2/h3-9,20H,1-2H3,(H,17,18,21). The van der Waals surface area contributed by atoms with Crippen LogP contribution in [0.1, 0.15) is 16.1 Å². The molecule has 1 amide bonds. The smallest absolute Gasteiger partial charge is 0.259 e. The zero-order valence-corrected chi connectivity index (χ0v) is 11.8. The number of pyridine rings is 1. The zero-order chi connectivity index (χ0) is 15.0. The van der Waals surface area contributed by atoms with Gasteiger partial charge in [0.1, 0.15) is 11.6 Å². The van der Waals surface area contributed by atoms with Gasteiger partial charge in [-0.1, -0.05) is 6.07 Å². The van der Waals surface area contributed by atoms with E-state index >= 15 is 0 Å². The van der Waals surface area contributed by atoms with Crippen LogP contribution in [-0.2, 0) is 7.05 Å². The number of carbonyl (C=O) groups excluding carboxylic acids is 1. The molecular weight excluding hydrogens is 266 g/mol. The van der Waals surface area contributed by atoms with Crippen molar-refractivity contribution in [3.63, 3.8) is 0 Å². The van der Waals surface area contributed by atoms with Crippen molar-refractivity contribution in [1.29, 1.82) is 0 Å². The Kier molecular flexibility index (Phi) is 3.10. The molecule has 0 saturated carbocycles. The summed E-state index contributed by atoms with van der Waals surface area (Å²) in [4.78, 5) is 16.6. The van der Waals surface area contributed by atoms with Crippen LogP contribution in [0, 0.1) is 6.92 Å². The van der Waals surface area contributed by atoms with Gasteiger partial charge >= 0.3 is 0 Å². The lowest BCUT2D eigenvalue weighted by Crippen LogP contribution is -2.14. The molecule has 21 heavy (non-hydrogen) atoms. The van der Waals surface area contributed by atoms with E-state index in [-0.39, 0.29) is 11.7 Å². The Morgan fingerprint density at radius 2 is 2.10 bits per heavy atom. The van der Waals surface area contributed by atoms with Crippen LogP contribution in [0.2, 0.25) is 0 Å². The Morgan fingerprint density at radius 1 is 1.29 bits per heavy atom. The van der Waals surface area contributed by atoms with E-state index < -0.39 is 0 Å². The summed E-state index contributed by atoms with van der Waals surface area (Å²) < 4.78 is 1.89. The molecule has 106 valence electrons. The van der Waals surface area contributed by atoms with Crippen LogP contribution in [-0.4, -0.2) is 20.6 Å². The van der Waals surface area contributed by atoms with Gasteiger partial charge < -0.3 is 15.0 Å². The number of phenolic OH excluding ortho intramolecular Hbond substituents is 1. The van der Waals surface area contributed by atoms with E-state index in [1.807, 2.05) is 24.6 Å². The van der Waals surface area contributed by atoms with Gasteiger partial charge in [0.2, 0.25) is 0 Å². The highest BCUT2D eigenvalue weighted by molar-refractivity contribution is 6.14. The molecule has 0 spiro atoms. The second kappa shape index (κ2) is 4.94. The van der Waals surface area contributed by atoms with Gasteiger partial charge in [0.25, 0.3) is 5.91 Å². The number of carbonyl (C=O) groups is 1. The average Bonchev–Trinajstić information content (AvgIpc) is 2.72. The predicted octanol–water partition coefficient (Wildman–Crippen LogP) is 2.84. The van der Waals surface area contributed by atoms with E-state index in [1.165, 1.54) is 0 Å². The number of phenols is 1. The molecule has 0 aliphatic rings. The van der Waals surface area contributed by atoms with Crippen molar-refractivity contribution >= 4 is 22.6 Å². The lowest BCUT2D eigenvalue weighted by atomic mass is 10.1. The number of hydrogen-bond acceptors (Lipinski definition) is 3. The first kappa shape index (κ1) is 13.2. The number of hydrogen-bond donors (Lipinski definition) is 2. The molecule has 0 saturated heterocycles. The zero-order valence-electron chi connectivity index (χ0n) is 11.8. The molecule has 0 fully saturated rings. The molecule has 2 heterocycles. The largest absolute Gasteiger partial charge is 0.508 e. The number of rotatable bonds is 2. The Hall–Kier alpha value is -2.82. The first-order valence-corrected chi connectivity index (χ1v) is 6.58. The maximum atomic E-state index is 12.5. The number of nitrogens with one attached hydrogen (secondary N) is 1. The van der Waals surface area contributed by atoms with Crippen molar-refractivity contribution in [2.75, 3.05) is 5.32 Å². The van der Waals surface area contributed by atoms with Crippen molar-refractivity contribution in [3.05, 3.63) is 53.9 Å². The maximum Gasteiger partial charge on any atom is 0.259 e. The number of anilines is 1. The molecule has 5 heteroatoms. The van der Waals surface area contributed by atoms with Crippen LogP contribution in [0.15, 0.2) is 42.6 Å². The molecule has 2 N–H and O–H groups in total. The van der Waals surface area contributed by atoms with Gasteiger partial charge in [-0.15, -0.1) is 0 Å². The summed E-state index contributed by atoms with van der Waals surface area (Å²) in [7, 11) is 1.87. The summed E-state index contributed by atoms with van der Waals surface area (Å²) in [5.41, 5.74) is 2.25. The Labute approximate surface area is 121 Å². The van der Waals surface area contributed by atoms with E-state index in [2.05, 4.69) is 10.3 Å². The van der Waals surface area contributed by atoms with E-state index in [9.17, 15) is 9.90 Å². The van der Waals surface area contributed by atoms with Crippen LogP contribution in [0.3, 0.4) is 0 Å². The van der Waals surface area contributed by atoms with Gasteiger partial charge in [0.15, 0.2) is 0 Å². The van der Waals surface area contributed by atoms with Gasteiger partial charge in [0, 0.05) is 30.4 Å². The first-order chi connectivity index (χ1) is 10.1. The van der Waals surface area contributed by atoms with Crippen molar-refractivity contribution in [3.8, 4) is 5.75 Å². The third-order valence-electron chi connectivity index (χ3n) is 3.61. The van der Waals surface area contributed by atoms with E-state index in [1.54, 1.807) is 36.5 Å². The summed E-state index contributed by atoms with van der Waals surface area (Å²) in [6, 6.07) is 10.3. The number of aromatic nitrogens is 2. The summed E-state index contributed by atoms with van der Waals surface area (Å²) >= 11 is 0. The number of benzene rings is 1. The fraction of sp³-hybridized carbons (Fsp3) is 0.125. The average molecular weight is 281 g/mol. The van der Waals surface area contributed by atoms with Gasteiger partial charge in [0.05, 0.1) is 11.1 Å². The Morgan fingerprint density at radius 3 is 2.81 bits per heavy atom. The minimum absolute atomic E-state index is 0.180. The summed E-state index contributed by atoms with van der Waals surface area (Å²) in [5.74, 6) is 0.486. The normalized spacial score (nSPS) is 10.8. The highest BCUT2D eigenvalue weighted by Crippen LogP contribution is 2.28. The van der Waals surface area contributed by atoms with Gasteiger partial charge in [-0.05, 0) is 31.2 Å². The second-order valence-corrected chi connectivity index (χ2v) is 4.89. The molecule has 3 aromatic rings. The van der Waals surface area contributed by atoms with Crippen molar-refractivity contribution in [2.45, 2.75) is 6.92 Å². The number of aryl methyl sites for hydroxylation is 1. The number of amides is 1. The third-order valence-corrected chi connectivity index (χ3v) is 3.61. The van der Waals surface area contributed by atoms with E-state index in [0.29, 0.717) is 11.4 Å².